The van der Waals surface area contributed by atoms with E-state index in [1.54, 1.807) is 7.11 Å². The van der Waals surface area contributed by atoms with Crippen LogP contribution in [0.4, 0.5) is 0 Å². The molecule has 0 amide bonds. The zero-order chi connectivity index (χ0) is 18.5. The van der Waals surface area contributed by atoms with Crippen LogP contribution in [0.15, 0.2) is 18.2 Å². The van der Waals surface area contributed by atoms with Crippen molar-refractivity contribution < 1.29 is 29.3 Å². The highest BCUT2D eigenvalue weighted by Crippen LogP contribution is 2.28. The van der Waals surface area contributed by atoms with Gasteiger partial charge in [-0.05, 0) is 37.5 Å². The lowest BCUT2D eigenvalue weighted by molar-refractivity contribution is -0.159. The Morgan fingerprint density at radius 1 is 1.08 bits per heavy atom. The van der Waals surface area contributed by atoms with E-state index < -0.39 is 11.9 Å². The first kappa shape index (κ1) is 21.7. The largest absolute Gasteiger partial charge is 0.493 e. The van der Waals surface area contributed by atoms with Gasteiger partial charge in [0.05, 0.1) is 13.7 Å². The number of rotatable bonds is 8. The van der Waals surface area contributed by atoms with Crippen molar-refractivity contribution in [2.24, 2.45) is 0 Å². The highest BCUT2D eigenvalue weighted by molar-refractivity contribution is 6.27. The fraction of sp³-hybridized carbons (Fsp3) is 0.529. The molecule has 0 fully saturated rings. The van der Waals surface area contributed by atoms with E-state index in [1.165, 1.54) is 5.56 Å². The minimum Gasteiger partial charge on any atom is -0.493 e. The molecule has 0 aromatic heterocycles. The van der Waals surface area contributed by atoms with Gasteiger partial charge in [0.2, 0.25) is 0 Å². The Morgan fingerprint density at radius 3 is 2.08 bits per heavy atom. The number of carboxylic acids is 2. The zero-order valence-electron chi connectivity index (χ0n) is 14.7. The summed E-state index contributed by atoms with van der Waals surface area (Å²) in [6.07, 6.45) is 2.32. The molecular formula is C17H27NO6. The Morgan fingerprint density at radius 2 is 1.67 bits per heavy atom. The molecule has 0 saturated carbocycles. The molecule has 7 heteroatoms. The highest BCUT2D eigenvalue weighted by Gasteiger charge is 2.07. The van der Waals surface area contributed by atoms with Crippen LogP contribution in [0.5, 0.6) is 11.5 Å². The lowest BCUT2D eigenvalue weighted by atomic mass is 10.1. The second kappa shape index (κ2) is 12.2. The molecule has 0 spiro atoms. The topological polar surface area (TPSA) is 105 Å². The molecule has 136 valence electrons. The highest BCUT2D eigenvalue weighted by atomic mass is 16.5. The SMILES string of the molecule is CCOc1cc(CNC(CC)CC)ccc1OC.O=C(O)C(=O)O. The molecule has 0 atom stereocenters. The van der Waals surface area contributed by atoms with Gasteiger partial charge >= 0.3 is 11.9 Å². The Labute approximate surface area is 142 Å². The fourth-order valence-corrected chi connectivity index (χ4v) is 1.94. The third-order valence-corrected chi connectivity index (χ3v) is 3.29. The molecular weight excluding hydrogens is 314 g/mol. The summed E-state index contributed by atoms with van der Waals surface area (Å²) in [7, 11) is 1.67. The minimum atomic E-state index is -1.82. The first-order chi connectivity index (χ1) is 11.4. The number of nitrogens with one attached hydrogen (secondary N) is 1. The standard InChI is InChI=1S/C15H25NO2.C2H2O4/c1-5-13(6-2)16-11-12-8-9-14(17-4)15(10-12)18-7-3;3-1(4)2(5)6/h8-10,13,16H,5-7,11H2,1-4H3;(H,3,4)(H,5,6). The van der Waals surface area contributed by atoms with E-state index in [9.17, 15) is 0 Å². The maximum absolute atomic E-state index is 9.10. The number of benzene rings is 1. The number of ether oxygens (including phenoxy) is 2. The van der Waals surface area contributed by atoms with E-state index in [1.807, 2.05) is 13.0 Å². The van der Waals surface area contributed by atoms with Crippen molar-refractivity contribution in [2.75, 3.05) is 13.7 Å². The van der Waals surface area contributed by atoms with Gasteiger partial charge in [-0.25, -0.2) is 9.59 Å². The molecule has 7 nitrogen and oxygen atoms in total. The zero-order valence-corrected chi connectivity index (χ0v) is 14.7. The summed E-state index contributed by atoms with van der Waals surface area (Å²) in [6, 6.07) is 6.69. The lowest BCUT2D eigenvalue weighted by Crippen LogP contribution is -2.26. The summed E-state index contributed by atoms with van der Waals surface area (Å²) in [6.45, 7) is 7.92. The predicted octanol–water partition coefficient (Wildman–Crippen LogP) is 2.53. The van der Waals surface area contributed by atoms with Crippen molar-refractivity contribution in [1.82, 2.24) is 5.32 Å². The molecule has 0 unspecified atom stereocenters. The van der Waals surface area contributed by atoms with Crippen LogP contribution in [0, 0.1) is 0 Å². The average Bonchev–Trinajstić information content (AvgIpc) is 2.57. The molecule has 0 aliphatic rings. The van der Waals surface area contributed by atoms with Gasteiger partial charge < -0.3 is 25.0 Å². The monoisotopic (exact) mass is 341 g/mol. The van der Waals surface area contributed by atoms with Gasteiger partial charge in [-0.2, -0.15) is 0 Å². The summed E-state index contributed by atoms with van der Waals surface area (Å²) in [5.74, 6) is -2.03. The average molecular weight is 341 g/mol. The van der Waals surface area contributed by atoms with E-state index in [-0.39, 0.29) is 0 Å². The van der Waals surface area contributed by atoms with Crippen molar-refractivity contribution in [3.8, 4) is 11.5 Å². The molecule has 0 saturated heterocycles. The molecule has 0 radical (unpaired) electrons. The van der Waals surface area contributed by atoms with Crippen molar-refractivity contribution in [2.45, 2.75) is 46.2 Å². The molecule has 0 bridgehead atoms. The summed E-state index contributed by atoms with van der Waals surface area (Å²) < 4.78 is 10.9. The van der Waals surface area contributed by atoms with Gasteiger partial charge in [-0.15, -0.1) is 0 Å². The van der Waals surface area contributed by atoms with Crippen LogP contribution in [-0.2, 0) is 16.1 Å². The Bertz CT molecular complexity index is 502. The van der Waals surface area contributed by atoms with Crippen molar-refractivity contribution in [1.29, 1.82) is 0 Å². The smallest absolute Gasteiger partial charge is 0.414 e. The van der Waals surface area contributed by atoms with Gasteiger partial charge in [0.15, 0.2) is 11.5 Å². The number of carboxylic acid groups (broad SMARTS) is 2. The van der Waals surface area contributed by atoms with Crippen LogP contribution in [0.25, 0.3) is 0 Å². The van der Waals surface area contributed by atoms with Gasteiger partial charge in [-0.3, -0.25) is 0 Å². The van der Waals surface area contributed by atoms with Gasteiger partial charge in [0.1, 0.15) is 0 Å². The molecule has 3 N–H and O–H groups in total. The van der Waals surface area contributed by atoms with E-state index in [4.69, 9.17) is 29.3 Å². The Kier molecular flexibility index (Phi) is 11.0. The molecule has 0 aliphatic carbocycles. The van der Waals surface area contributed by atoms with Crippen LogP contribution in [-0.4, -0.2) is 41.9 Å². The summed E-state index contributed by atoms with van der Waals surface area (Å²) >= 11 is 0. The first-order valence-electron chi connectivity index (χ1n) is 7.88. The molecule has 1 rings (SSSR count). The van der Waals surface area contributed by atoms with E-state index in [2.05, 4.69) is 31.3 Å². The Balaban J connectivity index is 0.000000754. The maximum atomic E-state index is 9.10. The number of carbonyl (C=O) groups is 2. The van der Waals surface area contributed by atoms with E-state index in [0.717, 1.165) is 30.9 Å². The molecule has 1 aromatic rings. The van der Waals surface area contributed by atoms with Crippen molar-refractivity contribution >= 4 is 11.9 Å². The predicted molar refractivity (Wildman–Crippen MR) is 90.6 cm³/mol. The Hall–Kier alpha value is -2.28. The third kappa shape index (κ3) is 8.38. The molecule has 0 aliphatic heterocycles. The second-order valence-electron chi connectivity index (χ2n) is 4.92. The number of hydrogen-bond donors (Lipinski definition) is 3. The lowest BCUT2D eigenvalue weighted by Gasteiger charge is -2.16. The van der Waals surface area contributed by atoms with Crippen LogP contribution in [0.3, 0.4) is 0 Å². The normalized spacial score (nSPS) is 9.88. The van der Waals surface area contributed by atoms with Crippen LogP contribution in [0.1, 0.15) is 39.2 Å². The molecule has 1 aromatic carbocycles. The van der Waals surface area contributed by atoms with Crippen molar-refractivity contribution in [3.63, 3.8) is 0 Å². The molecule has 24 heavy (non-hydrogen) atoms. The second-order valence-corrected chi connectivity index (χ2v) is 4.92. The van der Waals surface area contributed by atoms with E-state index in [0.29, 0.717) is 12.6 Å². The van der Waals surface area contributed by atoms with Gasteiger partial charge in [-0.1, -0.05) is 19.9 Å². The summed E-state index contributed by atoms with van der Waals surface area (Å²) in [5, 5.41) is 18.3. The van der Waals surface area contributed by atoms with Gasteiger partial charge in [0.25, 0.3) is 0 Å². The van der Waals surface area contributed by atoms with Crippen LogP contribution >= 0.6 is 0 Å². The quantitative estimate of drug-likeness (QED) is 0.624. The van der Waals surface area contributed by atoms with Crippen molar-refractivity contribution in [3.05, 3.63) is 23.8 Å². The fourth-order valence-electron chi connectivity index (χ4n) is 1.94. The van der Waals surface area contributed by atoms with E-state index >= 15 is 0 Å². The number of methoxy groups -OCH3 is 1. The summed E-state index contributed by atoms with van der Waals surface area (Å²) in [5.41, 5.74) is 1.23. The maximum Gasteiger partial charge on any atom is 0.414 e. The number of hydrogen-bond acceptors (Lipinski definition) is 5. The minimum absolute atomic E-state index is 0.586. The third-order valence-electron chi connectivity index (χ3n) is 3.29. The number of aliphatic carboxylic acids is 2. The van der Waals surface area contributed by atoms with Gasteiger partial charge in [0, 0.05) is 12.6 Å². The van der Waals surface area contributed by atoms with Crippen LogP contribution < -0.4 is 14.8 Å². The van der Waals surface area contributed by atoms with Crippen LogP contribution in [0.2, 0.25) is 0 Å². The molecule has 0 heterocycles. The first-order valence-corrected chi connectivity index (χ1v) is 7.88. The summed E-state index contributed by atoms with van der Waals surface area (Å²) in [4.78, 5) is 18.2.